The Morgan fingerprint density at radius 1 is 0.846 bits per heavy atom. The Balaban J connectivity index is 2.13. The lowest BCUT2D eigenvalue weighted by molar-refractivity contribution is -0.0497. The summed E-state index contributed by atoms with van der Waals surface area (Å²) in [5.74, 6) is 0.512. The van der Waals surface area contributed by atoms with Gasteiger partial charge in [-0.2, -0.15) is 5.26 Å². The van der Waals surface area contributed by atoms with Crippen molar-refractivity contribution in [2.75, 3.05) is 26.9 Å². The molecule has 0 spiro atoms. The number of rotatable bonds is 26. The van der Waals surface area contributed by atoms with E-state index < -0.39 is 13.9 Å². The zero-order valence-electron chi connectivity index (χ0n) is 24.3. The summed E-state index contributed by atoms with van der Waals surface area (Å²) in [5, 5.41) is 9.05. The third-order valence-corrected chi connectivity index (χ3v) is 7.25. The van der Waals surface area contributed by atoms with E-state index in [0.29, 0.717) is 17.9 Å². The Hall–Kier alpha value is -1.46. The SMILES string of the molecule is CCCCCCCCCCCCCCCCCCOC[C@H](COP(=O)(O)O)OCc1ccc(C#N)cc1OC. The van der Waals surface area contributed by atoms with Crippen LogP contribution in [0, 0.1) is 11.3 Å². The Kier molecular flexibility index (Phi) is 21.2. The van der Waals surface area contributed by atoms with Crippen molar-refractivity contribution in [1.29, 1.82) is 5.26 Å². The van der Waals surface area contributed by atoms with Gasteiger partial charge in [-0.15, -0.1) is 0 Å². The molecule has 9 heteroatoms. The normalized spacial score (nSPS) is 12.4. The molecule has 39 heavy (non-hydrogen) atoms. The van der Waals surface area contributed by atoms with Crippen molar-refractivity contribution >= 4 is 7.82 Å². The Morgan fingerprint density at radius 3 is 1.87 bits per heavy atom. The van der Waals surface area contributed by atoms with Crippen LogP contribution in [0.1, 0.15) is 121 Å². The van der Waals surface area contributed by atoms with Crippen molar-refractivity contribution in [3.05, 3.63) is 29.3 Å². The van der Waals surface area contributed by atoms with Crippen LogP contribution in [-0.4, -0.2) is 42.8 Å². The minimum absolute atomic E-state index is 0.131. The van der Waals surface area contributed by atoms with Crippen molar-refractivity contribution in [2.24, 2.45) is 0 Å². The fourth-order valence-corrected chi connectivity index (χ4v) is 4.79. The van der Waals surface area contributed by atoms with E-state index in [2.05, 4.69) is 17.5 Å². The van der Waals surface area contributed by atoms with Crippen LogP contribution in [-0.2, 0) is 25.2 Å². The number of hydrogen-bond donors (Lipinski definition) is 2. The molecule has 0 aromatic heterocycles. The molecular weight excluding hydrogens is 517 g/mol. The quantitative estimate of drug-likeness (QED) is 0.0855. The molecule has 0 radical (unpaired) electrons. The summed E-state index contributed by atoms with van der Waals surface area (Å²) in [5.41, 5.74) is 1.19. The standard InChI is InChI=1S/C30H52NO7P/c1-3-4-5-6-7-8-9-10-11-12-13-14-15-16-17-18-21-36-25-29(26-38-39(32,33)34)37-24-28-20-19-27(23-31)22-30(28)35-2/h19-20,22,29H,3-18,21,24-26H2,1-2H3,(H2,32,33,34)/t29-/m1/s1. The fourth-order valence-electron chi connectivity index (χ4n) is 4.43. The smallest absolute Gasteiger partial charge is 0.469 e. The molecular formula is C30H52NO7P. The van der Waals surface area contributed by atoms with Gasteiger partial charge in [0.1, 0.15) is 11.9 Å². The number of ether oxygens (including phenoxy) is 3. The molecule has 2 N–H and O–H groups in total. The zero-order chi connectivity index (χ0) is 28.6. The van der Waals surface area contributed by atoms with E-state index in [-0.39, 0.29) is 19.8 Å². The monoisotopic (exact) mass is 569 g/mol. The molecule has 0 heterocycles. The summed E-state index contributed by atoms with van der Waals surface area (Å²) < 4.78 is 32.7. The summed E-state index contributed by atoms with van der Waals surface area (Å²) in [6, 6.07) is 7.07. The topological polar surface area (TPSA) is 118 Å². The summed E-state index contributed by atoms with van der Waals surface area (Å²) in [7, 11) is -3.11. The van der Waals surface area contributed by atoms with Crippen LogP contribution in [0.2, 0.25) is 0 Å². The molecule has 0 saturated heterocycles. The highest BCUT2D eigenvalue weighted by atomic mass is 31.2. The van der Waals surface area contributed by atoms with Crippen LogP contribution >= 0.6 is 7.82 Å². The number of phosphoric ester groups is 1. The highest BCUT2D eigenvalue weighted by molar-refractivity contribution is 7.46. The molecule has 1 aromatic carbocycles. The van der Waals surface area contributed by atoms with Crippen LogP contribution in [0.3, 0.4) is 0 Å². The van der Waals surface area contributed by atoms with Crippen molar-refractivity contribution in [1.82, 2.24) is 0 Å². The van der Waals surface area contributed by atoms with E-state index in [1.165, 1.54) is 97.0 Å². The number of phosphoric acid groups is 1. The largest absolute Gasteiger partial charge is 0.496 e. The van der Waals surface area contributed by atoms with E-state index in [1.54, 1.807) is 18.2 Å². The minimum atomic E-state index is -4.62. The number of unbranched alkanes of at least 4 members (excludes halogenated alkanes) is 15. The summed E-state index contributed by atoms with van der Waals surface area (Å²) in [6.45, 7) is 2.83. The molecule has 1 aromatic rings. The highest BCUT2D eigenvalue weighted by Gasteiger charge is 2.20. The summed E-state index contributed by atoms with van der Waals surface area (Å²) >= 11 is 0. The van der Waals surface area contributed by atoms with E-state index in [0.717, 1.165) is 18.4 Å². The van der Waals surface area contributed by atoms with Crippen LogP contribution in [0.5, 0.6) is 5.75 Å². The average Bonchev–Trinajstić information content (AvgIpc) is 2.92. The molecule has 0 fully saturated rings. The second-order valence-electron chi connectivity index (χ2n) is 10.2. The first-order valence-electron chi connectivity index (χ1n) is 14.9. The molecule has 0 aliphatic rings. The third kappa shape index (κ3) is 20.1. The van der Waals surface area contributed by atoms with E-state index >= 15 is 0 Å². The molecule has 0 aliphatic heterocycles. The molecule has 8 nitrogen and oxygen atoms in total. The van der Waals surface area contributed by atoms with Crippen molar-refractivity contribution in [2.45, 2.75) is 122 Å². The molecule has 0 amide bonds. The molecule has 0 saturated carbocycles. The van der Waals surface area contributed by atoms with Crippen LogP contribution in [0.25, 0.3) is 0 Å². The van der Waals surface area contributed by atoms with Crippen molar-refractivity contribution in [3.63, 3.8) is 0 Å². The predicted molar refractivity (Wildman–Crippen MR) is 155 cm³/mol. The molecule has 0 aliphatic carbocycles. The number of methoxy groups -OCH3 is 1. The molecule has 224 valence electrons. The first-order valence-corrected chi connectivity index (χ1v) is 16.4. The van der Waals surface area contributed by atoms with E-state index in [9.17, 15) is 4.57 Å². The van der Waals surface area contributed by atoms with Gasteiger partial charge in [0, 0.05) is 12.2 Å². The van der Waals surface area contributed by atoms with Crippen LogP contribution in [0.15, 0.2) is 18.2 Å². The predicted octanol–water partition coefficient (Wildman–Crippen LogP) is 7.84. The first-order chi connectivity index (χ1) is 18.9. The van der Waals surface area contributed by atoms with E-state index in [4.69, 9.17) is 29.3 Å². The Morgan fingerprint density at radius 2 is 1.38 bits per heavy atom. The number of hydrogen-bond acceptors (Lipinski definition) is 6. The van der Waals surface area contributed by atoms with Gasteiger partial charge in [-0.05, 0) is 18.6 Å². The van der Waals surface area contributed by atoms with E-state index in [1.807, 2.05) is 0 Å². The third-order valence-electron chi connectivity index (χ3n) is 6.77. The number of benzene rings is 1. The van der Waals surface area contributed by atoms with Gasteiger partial charge in [-0.25, -0.2) is 4.57 Å². The summed E-state index contributed by atoms with van der Waals surface area (Å²) in [6.07, 6.45) is 20.3. The zero-order valence-corrected chi connectivity index (χ0v) is 25.2. The highest BCUT2D eigenvalue weighted by Crippen LogP contribution is 2.36. The number of nitriles is 1. The maximum Gasteiger partial charge on any atom is 0.469 e. The van der Waals surface area contributed by atoms with Crippen LogP contribution < -0.4 is 4.74 Å². The van der Waals surface area contributed by atoms with Gasteiger partial charge in [-0.3, -0.25) is 4.52 Å². The van der Waals surface area contributed by atoms with Gasteiger partial charge < -0.3 is 24.0 Å². The summed E-state index contributed by atoms with van der Waals surface area (Å²) in [4.78, 5) is 18.1. The van der Waals surface area contributed by atoms with Crippen molar-refractivity contribution < 1.29 is 33.1 Å². The second kappa shape index (κ2) is 23.3. The van der Waals surface area contributed by atoms with Gasteiger partial charge in [0.25, 0.3) is 0 Å². The van der Waals surface area contributed by atoms with Gasteiger partial charge in [0.2, 0.25) is 0 Å². The van der Waals surface area contributed by atoms with Crippen LogP contribution in [0.4, 0.5) is 0 Å². The Labute approximate surface area is 236 Å². The average molecular weight is 570 g/mol. The van der Waals surface area contributed by atoms with Gasteiger partial charge in [0.05, 0.1) is 38.6 Å². The fraction of sp³-hybridized carbons (Fsp3) is 0.767. The Bertz CT molecular complexity index is 824. The van der Waals surface area contributed by atoms with Crippen molar-refractivity contribution in [3.8, 4) is 11.8 Å². The second-order valence-corrected chi connectivity index (χ2v) is 11.5. The maximum atomic E-state index is 11.1. The maximum absolute atomic E-state index is 11.1. The lowest BCUT2D eigenvalue weighted by Gasteiger charge is -2.19. The first kappa shape index (κ1) is 35.6. The minimum Gasteiger partial charge on any atom is -0.496 e. The number of nitrogens with zero attached hydrogens (tertiary/aromatic N) is 1. The van der Waals surface area contributed by atoms with Gasteiger partial charge in [0.15, 0.2) is 0 Å². The molecule has 0 bridgehead atoms. The van der Waals surface area contributed by atoms with Gasteiger partial charge in [-0.1, -0.05) is 109 Å². The molecule has 0 unspecified atom stereocenters. The lowest BCUT2D eigenvalue weighted by atomic mass is 10.0. The van der Waals surface area contributed by atoms with Gasteiger partial charge >= 0.3 is 7.82 Å². The molecule has 1 rings (SSSR count). The lowest BCUT2D eigenvalue weighted by Crippen LogP contribution is -2.25. The molecule has 1 atom stereocenters.